The predicted octanol–water partition coefficient (Wildman–Crippen LogP) is 2.63. The van der Waals surface area contributed by atoms with Gasteiger partial charge in [-0.05, 0) is 43.2 Å². The first-order valence-electron chi connectivity index (χ1n) is 10.6. The van der Waals surface area contributed by atoms with Crippen LogP contribution in [0.3, 0.4) is 0 Å². The summed E-state index contributed by atoms with van der Waals surface area (Å²) in [6, 6.07) is 9.43. The highest BCUT2D eigenvalue weighted by Gasteiger charge is 2.33. The largest absolute Gasteiger partial charge is 0.497 e. The zero-order valence-corrected chi connectivity index (χ0v) is 18.7. The Morgan fingerprint density at radius 1 is 1.06 bits per heavy atom. The average molecular weight is 446 g/mol. The van der Waals surface area contributed by atoms with E-state index in [1.807, 2.05) is 29.2 Å². The van der Waals surface area contributed by atoms with Crippen LogP contribution in [0, 0.1) is 0 Å². The van der Waals surface area contributed by atoms with Crippen molar-refractivity contribution in [3.05, 3.63) is 41.0 Å². The third-order valence-corrected chi connectivity index (χ3v) is 6.24. The lowest BCUT2D eigenvalue weighted by Gasteiger charge is -2.36. The van der Waals surface area contributed by atoms with Gasteiger partial charge in [0.1, 0.15) is 11.5 Å². The number of methoxy groups -OCH3 is 2. The monoisotopic (exact) mass is 445 g/mol. The maximum Gasteiger partial charge on any atom is 0.237 e. The molecule has 166 valence electrons. The van der Waals surface area contributed by atoms with E-state index in [0.29, 0.717) is 11.7 Å². The molecule has 3 heterocycles. The molecule has 0 bridgehead atoms. The fourth-order valence-corrected chi connectivity index (χ4v) is 4.48. The maximum atomic E-state index is 13.2. The van der Waals surface area contributed by atoms with Gasteiger partial charge in [0.05, 0.1) is 26.8 Å². The number of likely N-dealkylation sites (tertiary alicyclic amines) is 1. The third kappa shape index (κ3) is 4.85. The van der Waals surface area contributed by atoms with Gasteiger partial charge in [-0.3, -0.25) is 9.69 Å². The fraction of sp³-hybridized carbons (Fsp3) is 0.500. The van der Waals surface area contributed by atoms with E-state index in [1.54, 1.807) is 20.3 Å². The summed E-state index contributed by atoms with van der Waals surface area (Å²) in [6.45, 7) is 4.40. The highest BCUT2D eigenvalue weighted by molar-refractivity contribution is 6.29. The summed E-state index contributed by atoms with van der Waals surface area (Å²) in [4.78, 5) is 19.6. The van der Waals surface area contributed by atoms with Crippen molar-refractivity contribution >= 4 is 23.3 Å². The number of hydrogen-bond acceptors (Lipinski definition) is 7. The van der Waals surface area contributed by atoms with Gasteiger partial charge in [0.25, 0.3) is 0 Å². The number of anilines is 1. The molecule has 1 atom stereocenters. The minimum absolute atomic E-state index is 0.0168. The molecule has 1 aromatic heterocycles. The van der Waals surface area contributed by atoms with Gasteiger partial charge in [0.2, 0.25) is 5.91 Å². The Bertz CT molecular complexity index is 903. The molecular weight excluding hydrogens is 418 g/mol. The number of carbonyl (C=O) groups excluding carboxylic acids is 1. The van der Waals surface area contributed by atoms with Crippen molar-refractivity contribution in [2.45, 2.75) is 18.9 Å². The number of amides is 1. The summed E-state index contributed by atoms with van der Waals surface area (Å²) in [7, 11) is 3.31. The van der Waals surface area contributed by atoms with Gasteiger partial charge in [-0.1, -0.05) is 11.6 Å². The van der Waals surface area contributed by atoms with Crippen molar-refractivity contribution in [3.8, 4) is 11.5 Å². The first-order valence-corrected chi connectivity index (χ1v) is 10.9. The van der Waals surface area contributed by atoms with E-state index in [2.05, 4.69) is 20.0 Å². The Morgan fingerprint density at radius 3 is 2.55 bits per heavy atom. The zero-order chi connectivity index (χ0) is 21.8. The highest BCUT2D eigenvalue weighted by atomic mass is 35.5. The molecule has 2 aromatic rings. The van der Waals surface area contributed by atoms with E-state index in [9.17, 15) is 4.79 Å². The number of hydrogen-bond donors (Lipinski definition) is 0. The van der Waals surface area contributed by atoms with Crippen LogP contribution in [-0.2, 0) is 4.79 Å². The van der Waals surface area contributed by atoms with Gasteiger partial charge in [-0.15, -0.1) is 10.2 Å². The molecule has 2 aliphatic heterocycles. The first-order chi connectivity index (χ1) is 15.1. The summed E-state index contributed by atoms with van der Waals surface area (Å²) in [5, 5.41) is 8.46. The minimum atomic E-state index is 0.0168. The van der Waals surface area contributed by atoms with Gasteiger partial charge in [-0.25, -0.2) is 0 Å². The minimum Gasteiger partial charge on any atom is -0.497 e. The zero-order valence-electron chi connectivity index (χ0n) is 18.0. The highest BCUT2D eigenvalue weighted by Crippen LogP contribution is 2.39. The molecule has 1 amide bonds. The van der Waals surface area contributed by atoms with Crippen LogP contribution in [0.2, 0.25) is 5.15 Å². The maximum absolute atomic E-state index is 13.2. The summed E-state index contributed by atoms with van der Waals surface area (Å²) in [6.07, 6.45) is 1.91. The molecule has 9 heteroatoms. The Labute approximate surface area is 187 Å². The van der Waals surface area contributed by atoms with Crippen molar-refractivity contribution in [2.75, 3.05) is 58.4 Å². The molecular formula is C22H28ClN5O3. The van der Waals surface area contributed by atoms with Crippen LogP contribution < -0.4 is 14.4 Å². The van der Waals surface area contributed by atoms with E-state index in [1.165, 1.54) is 0 Å². The summed E-state index contributed by atoms with van der Waals surface area (Å²) < 4.78 is 11.0. The third-order valence-electron chi connectivity index (χ3n) is 6.04. The molecule has 0 N–H and O–H groups in total. The van der Waals surface area contributed by atoms with E-state index >= 15 is 0 Å². The van der Waals surface area contributed by atoms with Crippen LogP contribution in [0.15, 0.2) is 30.3 Å². The molecule has 0 spiro atoms. The molecule has 2 fully saturated rings. The standard InChI is InChI=1S/C22H28ClN5O3/c1-30-16-5-6-19(31-2)17(14-16)18-4-3-9-28(18)22(29)15-26-10-12-27(13-11-26)21-8-7-20(23)24-25-21/h5-8,14,18H,3-4,9-13,15H2,1-2H3/t18-/m1/s1. The molecule has 0 aliphatic carbocycles. The number of benzene rings is 1. The van der Waals surface area contributed by atoms with Crippen LogP contribution in [0.1, 0.15) is 24.4 Å². The quantitative estimate of drug-likeness (QED) is 0.676. The molecule has 8 nitrogen and oxygen atoms in total. The van der Waals surface area contributed by atoms with Crippen molar-refractivity contribution in [2.24, 2.45) is 0 Å². The number of aromatic nitrogens is 2. The smallest absolute Gasteiger partial charge is 0.237 e. The number of nitrogens with zero attached hydrogens (tertiary/aromatic N) is 5. The van der Waals surface area contributed by atoms with Gasteiger partial charge >= 0.3 is 0 Å². The Balaban J connectivity index is 1.38. The average Bonchev–Trinajstić information content (AvgIpc) is 3.30. The van der Waals surface area contributed by atoms with E-state index in [0.717, 1.165) is 68.4 Å². The lowest BCUT2D eigenvalue weighted by molar-refractivity contribution is -0.133. The van der Waals surface area contributed by atoms with Crippen molar-refractivity contribution in [1.29, 1.82) is 0 Å². The van der Waals surface area contributed by atoms with Gasteiger partial charge < -0.3 is 19.3 Å². The number of ether oxygens (including phenoxy) is 2. The fourth-order valence-electron chi connectivity index (χ4n) is 4.38. The molecule has 0 radical (unpaired) electrons. The summed E-state index contributed by atoms with van der Waals surface area (Å²) >= 11 is 5.83. The number of piperazine rings is 1. The van der Waals surface area contributed by atoms with Gasteiger partial charge in [0.15, 0.2) is 11.0 Å². The number of halogens is 1. The van der Waals surface area contributed by atoms with Crippen LogP contribution >= 0.6 is 11.6 Å². The second-order valence-electron chi connectivity index (χ2n) is 7.83. The molecule has 1 aromatic carbocycles. The van der Waals surface area contributed by atoms with Crippen LogP contribution in [-0.4, -0.2) is 79.4 Å². The van der Waals surface area contributed by atoms with Crippen molar-refractivity contribution < 1.29 is 14.3 Å². The van der Waals surface area contributed by atoms with E-state index in [-0.39, 0.29) is 11.9 Å². The summed E-state index contributed by atoms with van der Waals surface area (Å²) in [5.74, 6) is 2.55. The Hall–Kier alpha value is -2.58. The molecule has 31 heavy (non-hydrogen) atoms. The number of carbonyl (C=O) groups is 1. The van der Waals surface area contributed by atoms with E-state index in [4.69, 9.17) is 21.1 Å². The van der Waals surface area contributed by atoms with Gasteiger partial charge in [-0.2, -0.15) is 0 Å². The molecule has 2 saturated heterocycles. The molecule has 0 saturated carbocycles. The summed E-state index contributed by atoms with van der Waals surface area (Å²) in [5.41, 5.74) is 1.01. The number of rotatable bonds is 6. The second kappa shape index (κ2) is 9.70. The lowest BCUT2D eigenvalue weighted by Crippen LogP contribution is -2.50. The topological polar surface area (TPSA) is 71.0 Å². The first kappa shape index (κ1) is 21.6. The normalized spacial score (nSPS) is 19.5. The molecule has 0 unspecified atom stereocenters. The van der Waals surface area contributed by atoms with Gasteiger partial charge in [0, 0.05) is 38.3 Å². The van der Waals surface area contributed by atoms with E-state index < -0.39 is 0 Å². The van der Waals surface area contributed by atoms with Crippen molar-refractivity contribution in [1.82, 2.24) is 20.0 Å². The molecule has 2 aliphatic rings. The Morgan fingerprint density at radius 2 is 1.87 bits per heavy atom. The lowest BCUT2D eigenvalue weighted by atomic mass is 10.0. The van der Waals surface area contributed by atoms with Crippen LogP contribution in [0.5, 0.6) is 11.5 Å². The predicted molar refractivity (Wildman–Crippen MR) is 119 cm³/mol. The SMILES string of the molecule is COc1ccc(OC)c([C@H]2CCCN2C(=O)CN2CCN(c3ccc(Cl)nn3)CC2)c1. The second-order valence-corrected chi connectivity index (χ2v) is 8.22. The van der Waals surface area contributed by atoms with Crippen LogP contribution in [0.4, 0.5) is 5.82 Å². The Kier molecular flexibility index (Phi) is 6.77. The van der Waals surface area contributed by atoms with Crippen molar-refractivity contribution in [3.63, 3.8) is 0 Å². The molecule has 4 rings (SSSR count). The van der Waals surface area contributed by atoms with Crippen LogP contribution in [0.25, 0.3) is 0 Å².